The second-order valence-corrected chi connectivity index (χ2v) is 6.13. The van der Waals surface area contributed by atoms with Crippen LogP contribution in [0.4, 0.5) is 5.69 Å². The summed E-state index contributed by atoms with van der Waals surface area (Å²) in [6.45, 7) is 4.52. The largest absolute Gasteiger partial charge is 0.378 e. The highest BCUT2D eigenvalue weighted by Crippen LogP contribution is 2.39. The van der Waals surface area contributed by atoms with Gasteiger partial charge in [0.05, 0.1) is 6.04 Å². The lowest BCUT2D eigenvalue weighted by molar-refractivity contribution is 0.403. The number of rotatable bonds is 4. The van der Waals surface area contributed by atoms with Crippen LogP contribution in [0.5, 0.6) is 0 Å². The minimum atomic E-state index is 0.450. The third kappa shape index (κ3) is 2.97. The van der Waals surface area contributed by atoms with E-state index in [0.29, 0.717) is 12.0 Å². The van der Waals surface area contributed by atoms with E-state index in [1.807, 2.05) is 0 Å². The molecule has 1 aliphatic heterocycles. The van der Waals surface area contributed by atoms with Crippen molar-refractivity contribution < 1.29 is 0 Å². The predicted molar refractivity (Wildman–Crippen MR) is 90.7 cm³/mol. The Morgan fingerprint density at radius 3 is 2.57 bits per heavy atom. The second-order valence-electron chi connectivity index (χ2n) is 6.13. The predicted octanol–water partition coefficient (Wildman–Crippen LogP) is 5.37. The molecule has 0 aromatic heterocycles. The van der Waals surface area contributed by atoms with Gasteiger partial charge in [0.15, 0.2) is 0 Å². The molecule has 0 saturated heterocycles. The Balaban J connectivity index is 1.93. The zero-order valence-corrected chi connectivity index (χ0v) is 13.1. The maximum absolute atomic E-state index is 3.80. The molecule has 0 amide bonds. The van der Waals surface area contributed by atoms with Crippen molar-refractivity contribution in [3.8, 4) is 0 Å². The lowest BCUT2D eigenvalue weighted by Gasteiger charge is -2.35. The van der Waals surface area contributed by atoms with Crippen LogP contribution in [0.3, 0.4) is 0 Å². The monoisotopic (exact) mass is 279 g/mol. The second kappa shape index (κ2) is 6.34. The molecule has 0 bridgehead atoms. The van der Waals surface area contributed by atoms with Gasteiger partial charge in [-0.1, -0.05) is 62.7 Å². The fourth-order valence-corrected chi connectivity index (χ4v) is 3.52. The van der Waals surface area contributed by atoms with E-state index in [-0.39, 0.29) is 0 Å². The lowest BCUT2D eigenvalue weighted by atomic mass is 9.80. The van der Waals surface area contributed by atoms with Crippen molar-refractivity contribution in [3.63, 3.8) is 0 Å². The topological polar surface area (TPSA) is 12.0 Å². The van der Waals surface area contributed by atoms with Crippen molar-refractivity contribution in [2.75, 3.05) is 5.32 Å². The summed E-state index contributed by atoms with van der Waals surface area (Å²) in [4.78, 5) is 0. The zero-order valence-electron chi connectivity index (χ0n) is 13.1. The van der Waals surface area contributed by atoms with Crippen molar-refractivity contribution in [3.05, 3.63) is 65.2 Å². The van der Waals surface area contributed by atoms with Crippen molar-refractivity contribution in [1.82, 2.24) is 0 Å². The molecule has 0 aliphatic carbocycles. The first-order valence-electron chi connectivity index (χ1n) is 8.25. The van der Waals surface area contributed by atoms with Gasteiger partial charge in [-0.15, -0.1) is 0 Å². The van der Waals surface area contributed by atoms with E-state index >= 15 is 0 Å². The first kappa shape index (κ1) is 14.2. The van der Waals surface area contributed by atoms with Gasteiger partial charge < -0.3 is 5.32 Å². The van der Waals surface area contributed by atoms with E-state index in [4.69, 9.17) is 0 Å². The van der Waals surface area contributed by atoms with Gasteiger partial charge in [-0.2, -0.15) is 0 Å². The van der Waals surface area contributed by atoms with E-state index in [0.717, 1.165) is 6.42 Å². The van der Waals surface area contributed by atoms with Crippen molar-refractivity contribution in [1.29, 1.82) is 0 Å². The van der Waals surface area contributed by atoms with Crippen LogP contribution < -0.4 is 5.32 Å². The number of fused-ring (bicyclic) bond motifs is 1. The quantitative estimate of drug-likeness (QED) is 0.793. The first-order chi connectivity index (χ1) is 10.3. The zero-order chi connectivity index (χ0) is 14.7. The van der Waals surface area contributed by atoms with Crippen molar-refractivity contribution >= 4 is 5.69 Å². The molecule has 1 nitrogen and oxygen atoms in total. The number of aryl methyl sites for hydroxylation is 1. The number of benzene rings is 2. The third-order valence-electron chi connectivity index (χ3n) is 4.66. The number of hydrogen-bond donors (Lipinski definition) is 1. The summed E-state index contributed by atoms with van der Waals surface area (Å²) in [7, 11) is 0. The molecule has 1 heterocycles. The highest BCUT2D eigenvalue weighted by atomic mass is 14.9. The van der Waals surface area contributed by atoms with Crippen LogP contribution in [-0.4, -0.2) is 0 Å². The summed E-state index contributed by atoms with van der Waals surface area (Å²) in [5.74, 6) is 0.692. The van der Waals surface area contributed by atoms with Crippen LogP contribution in [0.1, 0.15) is 49.4 Å². The molecule has 0 saturated carbocycles. The molecule has 110 valence electrons. The minimum absolute atomic E-state index is 0.450. The van der Waals surface area contributed by atoms with Crippen molar-refractivity contribution in [2.24, 2.45) is 5.92 Å². The van der Waals surface area contributed by atoms with E-state index in [9.17, 15) is 0 Å². The summed E-state index contributed by atoms with van der Waals surface area (Å²) in [5.41, 5.74) is 5.69. The van der Waals surface area contributed by atoms with Crippen molar-refractivity contribution in [2.45, 2.75) is 45.6 Å². The van der Waals surface area contributed by atoms with E-state index < -0.39 is 0 Å². The molecule has 1 N–H and O–H groups in total. The van der Waals surface area contributed by atoms with Crippen LogP contribution >= 0.6 is 0 Å². The molecule has 1 heteroatoms. The van der Waals surface area contributed by atoms with Gasteiger partial charge in [-0.05, 0) is 47.9 Å². The Morgan fingerprint density at radius 2 is 1.86 bits per heavy atom. The molecule has 2 atom stereocenters. The number of nitrogens with one attached hydrogen (secondary N) is 1. The molecule has 1 aliphatic rings. The average molecular weight is 279 g/mol. The summed E-state index contributed by atoms with van der Waals surface area (Å²) in [6.07, 6.45) is 4.85. The average Bonchev–Trinajstić information content (AvgIpc) is 2.55. The van der Waals surface area contributed by atoms with E-state index in [2.05, 4.69) is 67.7 Å². The Kier molecular flexibility index (Phi) is 4.28. The molecular formula is C20H25N. The summed E-state index contributed by atoms with van der Waals surface area (Å²) in [5, 5.41) is 3.80. The maximum Gasteiger partial charge on any atom is 0.0545 e. The fourth-order valence-electron chi connectivity index (χ4n) is 3.52. The van der Waals surface area contributed by atoms with Gasteiger partial charge in [-0.25, -0.2) is 0 Å². The molecule has 2 aromatic carbocycles. The van der Waals surface area contributed by atoms with Gasteiger partial charge in [0.25, 0.3) is 0 Å². The maximum atomic E-state index is 3.80. The van der Waals surface area contributed by atoms with E-state index in [1.54, 1.807) is 0 Å². The fraction of sp³-hybridized carbons (Fsp3) is 0.400. The van der Waals surface area contributed by atoms with Crippen LogP contribution in [0.2, 0.25) is 0 Å². The first-order valence-corrected chi connectivity index (χ1v) is 8.25. The molecule has 0 fully saturated rings. The molecule has 0 spiro atoms. The van der Waals surface area contributed by atoms with Gasteiger partial charge in [0.2, 0.25) is 0 Å². The molecule has 2 unspecified atom stereocenters. The Labute approximate surface area is 128 Å². The minimum Gasteiger partial charge on any atom is -0.378 e. The van der Waals surface area contributed by atoms with Gasteiger partial charge in [0, 0.05) is 5.69 Å². The smallest absolute Gasteiger partial charge is 0.0545 e. The SMILES string of the molecule is CCCC1Cc2cc(CC)ccc2NC1c1ccccc1. The summed E-state index contributed by atoms with van der Waals surface area (Å²) < 4.78 is 0. The molecule has 21 heavy (non-hydrogen) atoms. The van der Waals surface area contributed by atoms with Gasteiger partial charge in [0.1, 0.15) is 0 Å². The van der Waals surface area contributed by atoms with Crippen LogP contribution in [0.25, 0.3) is 0 Å². The van der Waals surface area contributed by atoms with Crippen LogP contribution in [0, 0.1) is 5.92 Å². The third-order valence-corrected chi connectivity index (χ3v) is 4.66. The molecular weight excluding hydrogens is 254 g/mol. The summed E-state index contributed by atoms with van der Waals surface area (Å²) in [6, 6.07) is 18.3. The Bertz CT molecular complexity index is 588. The molecule has 2 aromatic rings. The normalized spacial score (nSPS) is 20.7. The molecule has 0 radical (unpaired) electrons. The lowest BCUT2D eigenvalue weighted by Crippen LogP contribution is -2.28. The highest BCUT2D eigenvalue weighted by molar-refractivity contribution is 5.57. The summed E-state index contributed by atoms with van der Waals surface area (Å²) >= 11 is 0. The molecule has 3 rings (SSSR count). The number of hydrogen-bond acceptors (Lipinski definition) is 1. The Morgan fingerprint density at radius 1 is 1.05 bits per heavy atom. The standard InChI is InChI=1S/C20H25N/c1-3-8-17-14-18-13-15(4-2)11-12-19(18)21-20(17)16-9-6-5-7-10-16/h5-7,9-13,17,20-21H,3-4,8,14H2,1-2H3. The van der Waals surface area contributed by atoms with Crippen LogP contribution in [-0.2, 0) is 12.8 Å². The van der Waals surface area contributed by atoms with Gasteiger partial charge in [-0.3, -0.25) is 0 Å². The number of anilines is 1. The van der Waals surface area contributed by atoms with Gasteiger partial charge >= 0.3 is 0 Å². The van der Waals surface area contributed by atoms with Crippen LogP contribution in [0.15, 0.2) is 48.5 Å². The van der Waals surface area contributed by atoms with E-state index in [1.165, 1.54) is 41.6 Å². The Hall–Kier alpha value is -1.76. The highest BCUT2D eigenvalue weighted by Gasteiger charge is 2.28.